The first kappa shape index (κ1) is 15.3. The van der Waals surface area contributed by atoms with Crippen molar-refractivity contribution in [1.29, 1.82) is 0 Å². The Morgan fingerprint density at radius 2 is 1.95 bits per heavy atom. The Bertz CT molecular complexity index is 622. The Kier molecular flexibility index (Phi) is 5.16. The molecule has 0 radical (unpaired) electrons. The second-order valence-corrected chi connectivity index (χ2v) is 4.68. The van der Waals surface area contributed by atoms with E-state index in [0.717, 1.165) is 13.0 Å². The number of hydrogen-bond acceptors (Lipinski definition) is 6. The fourth-order valence-electron chi connectivity index (χ4n) is 1.74. The summed E-state index contributed by atoms with van der Waals surface area (Å²) in [4.78, 5) is 12.8. The van der Waals surface area contributed by atoms with E-state index in [1.165, 1.54) is 7.11 Å². The van der Waals surface area contributed by atoms with Gasteiger partial charge in [-0.15, -0.1) is 0 Å². The Morgan fingerprint density at radius 1 is 1.14 bits per heavy atom. The van der Waals surface area contributed by atoms with Gasteiger partial charge in [0.1, 0.15) is 5.75 Å². The zero-order chi connectivity index (χ0) is 15.2. The monoisotopic (exact) mass is 308 g/mol. The highest BCUT2D eigenvalue weighted by Crippen LogP contribution is 2.31. The van der Waals surface area contributed by atoms with Gasteiger partial charge in [-0.05, 0) is 24.6 Å². The third-order valence-corrected chi connectivity index (χ3v) is 2.97. The third-order valence-electron chi connectivity index (χ3n) is 2.73. The van der Waals surface area contributed by atoms with Gasteiger partial charge in [0, 0.05) is 11.6 Å². The van der Waals surface area contributed by atoms with E-state index >= 15 is 0 Å². The van der Waals surface area contributed by atoms with E-state index < -0.39 is 0 Å². The van der Waals surface area contributed by atoms with Gasteiger partial charge in [-0.2, -0.15) is 15.0 Å². The molecule has 0 aliphatic heterocycles. The molecule has 1 heterocycles. The van der Waals surface area contributed by atoms with Gasteiger partial charge in [-0.3, -0.25) is 0 Å². The van der Waals surface area contributed by atoms with Crippen molar-refractivity contribution >= 4 is 17.5 Å². The smallest absolute Gasteiger partial charge is 0.321 e. The van der Waals surface area contributed by atoms with Crippen LogP contribution in [0.2, 0.25) is 5.02 Å². The van der Waals surface area contributed by atoms with Crippen molar-refractivity contribution < 1.29 is 9.47 Å². The standard InChI is InChI=1S/C14H17ClN4O2/c1-4-7-16-13-17-12(18-14(19-13)21-3)10-8-9(15)5-6-11(10)20-2/h5-6,8H,4,7H2,1-3H3,(H,16,17,18,19). The summed E-state index contributed by atoms with van der Waals surface area (Å²) in [6, 6.07) is 5.50. The first-order valence-electron chi connectivity index (χ1n) is 6.55. The minimum atomic E-state index is 0.237. The third kappa shape index (κ3) is 3.72. The Morgan fingerprint density at radius 3 is 2.62 bits per heavy atom. The molecule has 0 aliphatic rings. The van der Waals surface area contributed by atoms with Crippen LogP contribution in [-0.2, 0) is 0 Å². The first-order valence-corrected chi connectivity index (χ1v) is 6.93. The molecule has 7 heteroatoms. The van der Waals surface area contributed by atoms with Crippen LogP contribution in [0, 0.1) is 0 Å². The van der Waals surface area contributed by atoms with Gasteiger partial charge in [0.15, 0.2) is 5.82 Å². The molecule has 1 aromatic carbocycles. The highest BCUT2D eigenvalue weighted by atomic mass is 35.5. The average Bonchev–Trinajstić information content (AvgIpc) is 2.52. The van der Waals surface area contributed by atoms with E-state index in [1.807, 2.05) is 0 Å². The summed E-state index contributed by atoms with van der Waals surface area (Å²) in [6.07, 6.45) is 0.962. The van der Waals surface area contributed by atoms with Gasteiger partial charge in [0.2, 0.25) is 5.95 Å². The van der Waals surface area contributed by atoms with E-state index in [2.05, 4.69) is 27.2 Å². The number of methoxy groups -OCH3 is 2. The van der Waals surface area contributed by atoms with Crippen LogP contribution in [0.1, 0.15) is 13.3 Å². The lowest BCUT2D eigenvalue weighted by atomic mass is 10.2. The topological polar surface area (TPSA) is 69.2 Å². The highest BCUT2D eigenvalue weighted by Gasteiger charge is 2.13. The fourth-order valence-corrected chi connectivity index (χ4v) is 1.91. The average molecular weight is 309 g/mol. The second-order valence-electron chi connectivity index (χ2n) is 4.24. The molecule has 0 saturated carbocycles. The van der Waals surface area contributed by atoms with E-state index in [-0.39, 0.29) is 6.01 Å². The van der Waals surface area contributed by atoms with Crippen molar-refractivity contribution in [2.75, 3.05) is 26.1 Å². The number of rotatable bonds is 6. The largest absolute Gasteiger partial charge is 0.496 e. The molecule has 0 saturated heterocycles. The molecule has 2 aromatic rings. The minimum absolute atomic E-state index is 0.237. The molecule has 0 amide bonds. The van der Waals surface area contributed by atoms with Gasteiger partial charge < -0.3 is 14.8 Å². The summed E-state index contributed by atoms with van der Waals surface area (Å²) in [5.74, 6) is 1.54. The molecule has 0 aliphatic carbocycles. The van der Waals surface area contributed by atoms with Crippen molar-refractivity contribution in [3.8, 4) is 23.1 Å². The van der Waals surface area contributed by atoms with Gasteiger partial charge in [-0.25, -0.2) is 0 Å². The normalized spacial score (nSPS) is 10.3. The van der Waals surface area contributed by atoms with Gasteiger partial charge >= 0.3 is 6.01 Å². The highest BCUT2D eigenvalue weighted by molar-refractivity contribution is 6.30. The van der Waals surface area contributed by atoms with Gasteiger partial charge in [-0.1, -0.05) is 18.5 Å². The van der Waals surface area contributed by atoms with E-state index in [9.17, 15) is 0 Å². The summed E-state index contributed by atoms with van der Waals surface area (Å²) in [6.45, 7) is 2.83. The maximum atomic E-state index is 6.05. The van der Waals surface area contributed by atoms with E-state index in [1.54, 1.807) is 25.3 Å². The maximum Gasteiger partial charge on any atom is 0.321 e. The SMILES string of the molecule is CCCNc1nc(OC)nc(-c2cc(Cl)ccc2OC)n1. The van der Waals surface area contributed by atoms with Gasteiger partial charge in [0.05, 0.1) is 19.8 Å². The Hall–Kier alpha value is -2.08. The quantitative estimate of drug-likeness (QED) is 0.884. The number of anilines is 1. The van der Waals surface area contributed by atoms with Crippen molar-refractivity contribution in [2.24, 2.45) is 0 Å². The predicted octanol–water partition coefficient (Wildman–Crippen LogP) is 3.03. The van der Waals surface area contributed by atoms with Crippen LogP contribution in [0.4, 0.5) is 5.95 Å². The van der Waals surface area contributed by atoms with Crippen LogP contribution < -0.4 is 14.8 Å². The summed E-state index contributed by atoms with van der Waals surface area (Å²) in [5.41, 5.74) is 0.685. The summed E-state index contributed by atoms with van der Waals surface area (Å²) in [5, 5.41) is 3.69. The summed E-state index contributed by atoms with van der Waals surface area (Å²) < 4.78 is 10.5. The first-order chi connectivity index (χ1) is 10.2. The number of nitrogens with one attached hydrogen (secondary N) is 1. The molecule has 21 heavy (non-hydrogen) atoms. The molecule has 112 valence electrons. The molecule has 0 bridgehead atoms. The van der Waals surface area contributed by atoms with Crippen LogP contribution in [0.25, 0.3) is 11.4 Å². The zero-order valence-electron chi connectivity index (χ0n) is 12.2. The van der Waals surface area contributed by atoms with Crippen LogP contribution in [-0.4, -0.2) is 35.7 Å². The molecule has 6 nitrogen and oxygen atoms in total. The Labute approximate surface area is 128 Å². The molecule has 0 spiro atoms. The minimum Gasteiger partial charge on any atom is -0.496 e. The summed E-state index contributed by atoms with van der Waals surface area (Å²) >= 11 is 6.05. The van der Waals surface area contributed by atoms with E-state index in [0.29, 0.717) is 28.1 Å². The Balaban J connectivity index is 2.49. The molecule has 1 N–H and O–H groups in total. The van der Waals surface area contributed by atoms with Gasteiger partial charge in [0.25, 0.3) is 0 Å². The van der Waals surface area contributed by atoms with Crippen molar-refractivity contribution in [3.63, 3.8) is 0 Å². The zero-order valence-corrected chi connectivity index (χ0v) is 12.9. The molecule has 0 atom stereocenters. The van der Waals surface area contributed by atoms with Crippen LogP contribution in [0.5, 0.6) is 11.8 Å². The maximum absolute atomic E-state index is 6.05. The van der Waals surface area contributed by atoms with E-state index in [4.69, 9.17) is 21.1 Å². The number of halogens is 1. The molecule has 2 rings (SSSR count). The molecule has 0 unspecified atom stereocenters. The summed E-state index contributed by atoms with van der Waals surface area (Å²) in [7, 11) is 3.10. The number of aromatic nitrogens is 3. The van der Waals surface area contributed by atoms with Crippen molar-refractivity contribution in [2.45, 2.75) is 13.3 Å². The second kappa shape index (κ2) is 7.08. The lowest BCUT2D eigenvalue weighted by Gasteiger charge is -2.10. The predicted molar refractivity (Wildman–Crippen MR) is 82.2 cm³/mol. The molecule has 1 aromatic heterocycles. The molecular formula is C14H17ClN4O2. The molecule has 0 fully saturated rings. The molecular weight excluding hydrogens is 292 g/mol. The lowest BCUT2D eigenvalue weighted by molar-refractivity contribution is 0.379. The van der Waals surface area contributed by atoms with Crippen LogP contribution >= 0.6 is 11.6 Å². The van der Waals surface area contributed by atoms with Crippen LogP contribution in [0.15, 0.2) is 18.2 Å². The fraction of sp³-hybridized carbons (Fsp3) is 0.357. The van der Waals surface area contributed by atoms with Crippen molar-refractivity contribution in [3.05, 3.63) is 23.2 Å². The van der Waals surface area contributed by atoms with Crippen LogP contribution in [0.3, 0.4) is 0 Å². The number of benzene rings is 1. The number of nitrogens with zero attached hydrogens (tertiary/aromatic N) is 3. The number of ether oxygens (including phenoxy) is 2. The lowest BCUT2D eigenvalue weighted by Crippen LogP contribution is -2.08. The number of hydrogen-bond donors (Lipinski definition) is 1. The van der Waals surface area contributed by atoms with Crippen molar-refractivity contribution in [1.82, 2.24) is 15.0 Å².